The van der Waals surface area contributed by atoms with Gasteiger partial charge in [-0.1, -0.05) is 30.3 Å². The Kier molecular flexibility index (Phi) is 6.37. The predicted octanol–water partition coefficient (Wildman–Crippen LogP) is 4.54. The number of nitrogens with zero attached hydrogens (tertiary/aromatic N) is 1. The lowest BCUT2D eigenvalue weighted by Gasteiger charge is -2.15. The fourth-order valence-electron chi connectivity index (χ4n) is 3.68. The predicted molar refractivity (Wildman–Crippen MR) is 124 cm³/mol. The van der Waals surface area contributed by atoms with Gasteiger partial charge in [-0.3, -0.25) is 14.3 Å². The minimum atomic E-state index is -4.90. The van der Waals surface area contributed by atoms with E-state index in [0.29, 0.717) is 22.8 Å². The molecule has 4 aromatic rings. The number of H-pyrrole nitrogens is 1. The van der Waals surface area contributed by atoms with Crippen LogP contribution in [-0.2, 0) is 13.2 Å². The number of ether oxygens (including phenoxy) is 1. The van der Waals surface area contributed by atoms with E-state index in [1.54, 1.807) is 19.1 Å². The molecule has 0 saturated carbocycles. The molecule has 1 atom stereocenters. The summed E-state index contributed by atoms with van der Waals surface area (Å²) in [5, 5.41) is 9.62. The van der Waals surface area contributed by atoms with Crippen LogP contribution in [0.3, 0.4) is 0 Å². The number of thiophene rings is 1. The van der Waals surface area contributed by atoms with Crippen LogP contribution in [0, 0.1) is 13.8 Å². The number of alkyl halides is 3. The summed E-state index contributed by atoms with van der Waals surface area (Å²) >= 11 is 1.03. The third-order valence-electron chi connectivity index (χ3n) is 5.47. The molecule has 0 bridgehead atoms. The van der Waals surface area contributed by atoms with Crippen molar-refractivity contribution in [2.75, 3.05) is 0 Å². The number of benzene rings is 2. The van der Waals surface area contributed by atoms with E-state index >= 15 is 0 Å². The molecule has 2 aromatic carbocycles. The molecule has 0 aliphatic rings. The molecule has 0 aliphatic heterocycles. The van der Waals surface area contributed by atoms with Gasteiger partial charge in [0.15, 0.2) is 6.10 Å². The molecule has 2 N–H and O–H groups in total. The number of aliphatic hydroxyl groups excluding tert-OH is 1. The first-order valence-electron chi connectivity index (χ1n) is 10.3. The van der Waals surface area contributed by atoms with E-state index in [0.717, 1.165) is 32.6 Å². The molecule has 0 aliphatic carbocycles. The molecule has 0 fully saturated rings. The number of aryl methyl sites for hydroxylation is 2. The van der Waals surface area contributed by atoms with Crippen LogP contribution in [0.4, 0.5) is 13.2 Å². The van der Waals surface area contributed by atoms with E-state index in [2.05, 4.69) is 4.98 Å². The Morgan fingerprint density at radius 1 is 1.12 bits per heavy atom. The number of aliphatic hydroxyl groups is 1. The van der Waals surface area contributed by atoms with Crippen molar-refractivity contribution in [3.63, 3.8) is 0 Å². The van der Waals surface area contributed by atoms with Crippen LogP contribution in [0.5, 0.6) is 5.75 Å². The molecule has 1 unspecified atom stereocenters. The van der Waals surface area contributed by atoms with Gasteiger partial charge in [-0.15, -0.1) is 11.3 Å². The standard InChI is InChI=1S/C24H21F3N2O4S/c1-13-10-16(8-9-17(13)33-12-15-6-4-3-5-7-15)20-14(2)19-21(31)28-23(32)29(22(19)34-20)11-18(30)24(25,26)27/h3-10,18,30H,11-12H2,1-2H3,(H,28,31,32). The normalized spacial score (nSPS) is 12.8. The third kappa shape index (κ3) is 4.64. The van der Waals surface area contributed by atoms with E-state index < -0.39 is 30.1 Å². The topological polar surface area (TPSA) is 84.3 Å². The SMILES string of the molecule is Cc1cc(-c2sc3c(c2C)c(=O)[nH]c(=O)n3CC(O)C(F)(F)F)ccc1OCc1ccccc1. The number of hydrogen-bond acceptors (Lipinski definition) is 5. The molecule has 0 radical (unpaired) electrons. The average Bonchev–Trinajstić information content (AvgIpc) is 3.13. The molecule has 4 rings (SSSR count). The van der Waals surface area contributed by atoms with E-state index in [9.17, 15) is 27.9 Å². The largest absolute Gasteiger partial charge is 0.489 e. The Morgan fingerprint density at radius 3 is 2.47 bits per heavy atom. The van der Waals surface area contributed by atoms with Crippen molar-refractivity contribution in [2.45, 2.75) is 39.3 Å². The van der Waals surface area contributed by atoms with Crippen LogP contribution in [0.2, 0.25) is 0 Å². The monoisotopic (exact) mass is 490 g/mol. The van der Waals surface area contributed by atoms with Gasteiger partial charge >= 0.3 is 11.9 Å². The van der Waals surface area contributed by atoms with Crippen molar-refractivity contribution >= 4 is 21.6 Å². The van der Waals surface area contributed by atoms with Crippen LogP contribution in [0.25, 0.3) is 20.7 Å². The van der Waals surface area contributed by atoms with E-state index in [-0.39, 0.29) is 10.2 Å². The Morgan fingerprint density at radius 2 is 1.82 bits per heavy atom. The number of aromatic amines is 1. The summed E-state index contributed by atoms with van der Waals surface area (Å²) in [6, 6.07) is 15.1. The molecular formula is C24H21F3N2O4S. The fraction of sp³-hybridized carbons (Fsp3) is 0.250. The zero-order chi connectivity index (χ0) is 24.6. The molecule has 34 heavy (non-hydrogen) atoms. The molecule has 0 amide bonds. The first-order valence-corrected chi connectivity index (χ1v) is 11.2. The highest BCUT2D eigenvalue weighted by atomic mass is 32.1. The van der Waals surface area contributed by atoms with Gasteiger partial charge in [0, 0.05) is 4.88 Å². The Hall–Kier alpha value is -3.37. The molecule has 10 heteroatoms. The number of hydrogen-bond donors (Lipinski definition) is 2. The van der Waals surface area contributed by atoms with Crippen LogP contribution in [-0.4, -0.2) is 26.9 Å². The lowest BCUT2D eigenvalue weighted by atomic mass is 10.1. The minimum absolute atomic E-state index is 0.0756. The molecule has 6 nitrogen and oxygen atoms in total. The number of nitrogens with one attached hydrogen (secondary N) is 1. The summed E-state index contributed by atoms with van der Waals surface area (Å²) in [5.74, 6) is 0.675. The van der Waals surface area contributed by atoms with Crippen molar-refractivity contribution in [3.8, 4) is 16.2 Å². The van der Waals surface area contributed by atoms with Crippen LogP contribution >= 0.6 is 11.3 Å². The van der Waals surface area contributed by atoms with Crippen LogP contribution in [0.15, 0.2) is 58.1 Å². The van der Waals surface area contributed by atoms with Gasteiger partial charge < -0.3 is 9.84 Å². The van der Waals surface area contributed by atoms with Crippen molar-refractivity contribution < 1.29 is 23.0 Å². The second kappa shape index (κ2) is 9.11. The van der Waals surface area contributed by atoms with E-state index in [1.165, 1.54) is 0 Å². The molecule has 178 valence electrons. The molecule has 0 saturated heterocycles. The van der Waals surface area contributed by atoms with E-state index in [1.807, 2.05) is 43.3 Å². The lowest BCUT2D eigenvalue weighted by Crippen LogP contribution is -2.38. The van der Waals surface area contributed by atoms with Crippen molar-refractivity contribution in [2.24, 2.45) is 0 Å². The quantitative estimate of drug-likeness (QED) is 0.416. The van der Waals surface area contributed by atoms with Gasteiger partial charge in [-0.25, -0.2) is 4.79 Å². The van der Waals surface area contributed by atoms with Crippen LogP contribution in [0.1, 0.15) is 16.7 Å². The number of fused-ring (bicyclic) bond motifs is 1. The molecule has 2 heterocycles. The van der Waals surface area contributed by atoms with Crippen molar-refractivity contribution in [3.05, 3.63) is 86.1 Å². The number of rotatable bonds is 6. The van der Waals surface area contributed by atoms with Gasteiger partial charge in [0.25, 0.3) is 5.56 Å². The van der Waals surface area contributed by atoms with Crippen LogP contribution < -0.4 is 16.0 Å². The smallest absolute Gasteiger partial charge is 0.416 e. The average molecular weight is 491 g/mol. The summed E-state index contributed by atoms with van der Waals surface area (Å²) in [4.78, 5) is 27.5. The zero-order valence-corrected chi connectivity index (χ0v) is 19.1. The maximum Gasteiger partial charge on any atom is 0.416 e. The maximum absolute atomic E-state index is 12.9. The minimum Gasteiger partial charge on any atom is -0.489 e. The number of halogens is 3. The zero-order valence-electron chi connectivity index (χ0n) is 18.3. The Labute approximate surface area is 195 Å². The fourth-order valence-corrected chi connectivity index (χ4v) is 4.99. The van der Waals surface area contributed by atoms with Crippen molar-refractivity contribution in [1.82, 2.24) is 9.55 Å². The van der Waals surface area contributed by atoms with Crippen molar-refractivity contribution in [1.29, 1.82) is 0 Å². The summed E-state index contributed by atoms with van der Waals surface area (Å²) < 4.78 is 45.4. The Bertz CT molecular complexity index is 1460. The van der Waals surface area contributed by atoms with Gasteiger partial charge in [0.1, 0.15) is 17.2 Å². The highest BCUT2D eigenvalue weighted by Crippen LogP contribution is 2.38. The second-order valence-electron chi connectivity index (χ2n) is 7.92. The summed E-state index contributed by atoms with van der Waals surface area (Å²) in [5.41, 5.74) is 1.44. The summed E-state index contributed by atoms with van der Waals surface area (Å²) in [6.07, 6.45) is -7.64. The number of aromatic nitrogens is 2. The van der Waals surface area contributed by atoms with Gasteiger partial charge in [0.2, 0.25) is 0 Å². The highest BCUT2D eigenvalue weighted by molar-refractivity contribution is 7.22. The summed E-state index contributed by atoms with van der Waals surface area (Å²) in [7, 11) is 0. The third-order valence-corrected chi connectivity index (χ3v) is 6.84. The van der Waals surface area contributed by atoms with E-state index in [4.69, 9.17) is 4.74 Å². The lowest BCUT2D eigenvalue weighted by molar-refractivity contribution is -0.207. The van der Waals surface area contributed by atoms with Gasteiger partial charge in [-0.2, -0.15) is 13.2 Å². The first kappa shape index (κ1) is 23.8. The molecule has 2 aromatic heterocycles. The van der Waals surface area contributed by atoms with Gasteiger partial charge in [0.05, 0.1) is 11.9 Å². The maximum atomic E-state index is 12.9. The first-order chi connectivity index (χ1) is 16.1. The highest BCUT2D eigenvalue weighted by Gasteiger charge is 2.39. The summed E-state index contributed by atoms with van der Waals surface area (Å²) in [6.45, 7) is 2.93. The van der Waals surface area contributed by atoms with Gasteiger partial charge in [-0.05, 0) is 54.3 Å². The Balaban J connectivity index is 1.72. The molecule has 0 spiro atoms. The molecular weight excluding hydrogens is 469 g/mol. The second-order valence-corrected chi connectivity index (χ2v) is 8.92.